The Balaban J connectivity index is 1.72. The minimum Gasteiger partial charge on any atom is -0.389 e. The second kappa shape index (κ2) is 7.27. The maximum Gasteiger partial charge on any atom is 0.252 e. The Bertz CT molecular complexity index is 477. The molecule has 2 rings (SSSR count). The number of halogens is 2. The van der Waals surface area contributed by atoms with E-state index in [2.05, 4.69) is 5.32 Å². The first-order chi connectivity index (χ1) is 9.56. The lowest BCUT2D eigenvalue weighted by Gasteiger charge is -2.13. The van der Waals surface area contributed by atoms with Crippen LogP contribution in [0.5, 0.6) is 0 Å². The third-order valence-corrected chi connectivity index (χ3v) is 3.58. The molecule has 0 heterocycles. The zero-order valence-electron chi connectivity index (χ0n) is 10.9. The molecular formula is C14H17Cl2NO3. The summed E-state index contributed by atoms with van der Waals surface area (Å²) in [5.74, 6) is 0.317. The van der Waals surface area contributed by atoms with Crippen LogP contribution < -0.4 is 5.32 Å². The van der Waals surface area contributed by atoms with Crippen molar-refractivity contribution in [3.05, 3.63) is 33.8 Å². The molecule has 6 heteroatoms. The Morgan fingerprint density at radius 2 is 2.20 bits per heavy atom. The fourth-order valence-electron chi connectivity index (χ4n) is 1.69. The number of ether oxygens (including phenoxy) is 1. The van der Waals surface area contributed by atoms with Crippen molar-refractivity contribution in [2.45, 2.75) is 18.9 Å². The number of hydrogen-bond donors (Lipinski definition) is 2. The Kier molecular flexibility index (Phi) is 5.66. The summed E-state index contributed by atoms with van der Waals surface area (Å²) in [4.78, 5) is 11.9. The first-order valence-electron chi connectivity index (χ1n) is 6.55. The number of carbonyl (C=O) groups excluding carboxylic acids is 1. The van der Waals surface area contributed by atoms with Gasteiger partial charge in [0.05, 0.1) is 23.3 Å². The summed E-state index contributed by atoms with van der Waals surface area (Å²) in [5.41, 5.74) is 0.335. The van der Waals surface area contributed by atoms with Crippen molar-refractivity contribution in [1.82, 2.24) is 5.32 Å². The molecule has 20 heavy (non-hydrogen) atoms. The number of benzene rings is 1. The van der Waals surface area contributed by atoms with E-state index in [0.29, 0.717) is 23.1 Å². The van der Waals surface area contributed by atoms with E-state index in [4.69, 9.17) is 27.9 Å². The van der Waals surface area contributed by atoms with Gasteiger partial charge in [-0.1, -0.05) is 23.2 Å². The average molecular weight is 318 g/mol. The highest BCUT2D eigenvalue weighted by Gasteiger charge is 2.21. The van der Waals surface area contributed by atoms with Crippen molar-refractivity contribution in [1.29, 1.82) is 0 Å². The molecule has 0 saturated heterocycles. The molecule has 1 unspecified atom stereocenters. The Labute approximate surface area is 128 Å². The highest BCUT2D eigenvalue weighted by Crippen LogP contribution is 2.28. The highest BCUT2D eigenvalue weighted by atomic mass is 35.5. The van der Waals surface area contributed by atoms with Crippen molar-refractivity contribution in [3.8, 4) is 0 Å². The molecule has 1 amide bonds. The van der Waals surface area contributed by atoms with E-state index in [1.54, 1.807) is 12.1 Å². The summed E-state index contributed by atoms with van der Waals surface area (Å²) in [7, 11) is 0. The number of carbonyl (C=O) groups is 1. The van der Waals surface area contributed by atoms with Crippen LogP contribution in [-0.4, -0.2) is 36.9 Å². The Morgan fingerprint density at radius 3 is 2.85 bits per heavy atom. The van der Waals surface area contributed by atoms with Crippen LogP contribution in [0.1, 0.15) is 23.2 Å². The maximum atomic E-state index is 11.9. The van der Waals surface area contributed by atoms with Gasteiger partial charge in [0.15, 0.2) is 0 Å². The SMILES string of the molecule is O=C(NCC(O)COCC1CC1)c1ccc(Cl)cc1Cl. The summed E-state index contributed by atoms with van der Waals surface area (Å²) in [6.07, 6.45) is 1.70. The summed E-state index contributed by atoms with van der Waals surface area (Å²) in [6.45, 7) is 1.04. The molecule has 1 aromatic carbocycles. The zero-order chi connectivity index (χ0) is 14.5. The van der Waals surface area contributed by atoms with Crippen LogP contribution in [0.2, 0.25) is 10.0 Å². The molecule has 2 N–H and O–H groups in total. The highest BCUT2D eigenvalue weighted by molar-refractivity contribution is 6.36. The number of nitrogens with one attached hydrogen (secondary N) is 1. The molecule has 0 bridgehead atoms. The molecule has 1 aliphatic carbocycles. The van der Waals surface area contributed by atoms with Gasteiger partial charge < -0.3 is 15.2 Å². The van der Waals surface area contributed by atoms with Crippen molar-refractivity contribution < 1.29 is 14.6 Å². The minimum atomic E-state index is -0.719. The van der Waals surface area contributed by atoms with Gasteiger partial charge in [-0.25, -0.2) is 0 Å². The molecule has 1 aliphatic rings. The van der Waals surface area contributed by atoms with Crippen LogP contribution in [-0.2, 0) is 4.74 Å². The third kappa shape index (κ3) is 4.94. The largest absolute Gasteiger partial charge is 0.389 e. The number of rotatable bonds is 7. The van der Waals surface area contributed by atoms with Crippen molar-refractivity contribution in [3.63, 3.8) is 0 Å². The lowest BCUT2D eigenvalue weighted by atomic mass is 10.2. The first-order valence-corrected chi connectivity index (χ1v) is 7.31. The fourth-order valence-corrected chi connectivity index (χ4v) is 2.19. The molecule has 1 fully saturated rings. The summed E-state index contributed by atoms with van der Waals surface area (Å²) in [5, 5.41) is 13.1. The monoisotopic (exact) mass is 317 g/mol. The van der Waals surface area contributed by atoms with Gasteiger partial charge in [0.2, 0.25) is 0 Å². The lowest BCUT2D eigenvalue weighted by Crippen LogP contribution is -2.34. The van der Waals surface area contributed by atoms with E-state index in [1.807, 2.05) is 0 Å². The van der Waals surface area contributed by atoms with Gasteiger partial charge in [-0.15, -0.1) is 0 Å². The van der Waals surface area contributed by atoms with Crippen LogP contribution in [0.25, 0.3) is 0 Å². The molecule has 0 radical (unpaired) electrons. The normalized spacial score (nSPS) is 15.9. The molecule has 110 valence electrons. The molecule has 0 aromatic heterocycles. The van der Waals surface area contributed by atoms with Gasteiger partial charge >= 0.3 is 0 Å². The minimum absolute atomic E-state index is 0.127. The van der Waals surface area contributed by atoms with E-state index in [1.165, 1.54) is 18.9 Å². The van der Waals surface area contributed by atoms with Crippen LogP contribution in [0.15, 0.2) is 18.2 Å². The number of hydrogen-bond acceptors (Lipinski definition) is 3. The van der Waals surface area contributed by atoms with Gasteiger partial charge in [-0.2, -0.15) is 0 Å². The molecule has 1 saturated carbocycles. The van der Waals surface area contributed by atoms with E-state index >= 15 is 0 Å². The van der Waals surface area contributed by atoms with Crippen LogP contribution in [0.3, 0.4) is 0 Å². The van der Waals surface area contributed by atoms with E-state index in [-0.39, 0.29) is 24.1 Å². The smallest absolute Gasteiger partial charge is 0.252 e. The zero-order valence-corrected chi connectivity index (χ0v) is 12.5. The lowest BCUT2D eigenvalue weighted by molar-refractivity contribution is 0.0321. The van der Waals surface area contributed by atoms with Gasteiger partial charge in [0.25, 0.3) is 5.91 Å². The van der Waals surface area contributed by atoms with Crippen LogP contribution in [0, 0.1) is 5.92 Å². The van der Waals surface area contributed by atoms with E-state index in [9.17, 15) is 9.90 Å². The topological polar surface area (TPSA) is 58.6 Å². The van der Waals surface area contributed by atoms with E-state index in [0.717, 1.165) is 0 Å². The molecule has 1 aromatic rings. The second-order valence-corrected chi connectivity index (χ2v) is 5.81. The van der Waals surface area contributed by atoms with Gasteiger partial charge in [-0.3, -0.25) is 4.79 Å². The van der Waals surface area contributed by atoms with Gasteiger partial charge in [-0.05, 0) is 37.0 Å². The van der Waals surface area contributed by atoms with Crippen LogP contribution >= 0.6 is 23.2 Å². The average Bonchev–Trinajstić information content (AvgIpc) is 3.20. The van der Waals surface area contributed by atoms with Gasteiger partial charge in [0, 0.05) is 18.2 Å². The first kappa shape index (κ1) is 15.6. The number of amides is 1. The molecule has 4 nitrogen and oxygen atoms in total. The van der Waals surface area contributed by atoms with Gasteiger partial charge in [0.1, 0.15) is 0 Å². The molecule has 1 atom stereocenters. The number of aliphatic hydroxyl groups is 1. The van der Waals surface area contributed by atoms with Crippen LogP contribution in [0.4, 0.5) is 0 Å². The molecule has 0 spiro atoms. The Morgan fingerprint density at radius 1 is 1.45 bits per heavy atom. The molecular weight excluding hydrogens is 301 g/mol. The molecule has 0 aliphatic heterocycles. The summed E-state index contributed by atoms with van der Waals surface area (Å²) < 4.78 is 5.35. The summed E-state index contributed by atoms with van der Waals surface area (Å²) >= 11 is 11.7. The fraction of sp³-hybridized carbons (Fsp3) is 0.500. The third-order valence-electron chi connectivity index (χ3n) is 3.03. The Hall–Kier alpha value is -0.810. The predicted molar refractivity (Wildman–Crippen MR) is 78.3 cm³/mol. The van der Waals surface area contributed by atoms with E-state index < -0.39 is 6.10 Å². The second-order valence-electron chi connectivity index (χ2n) is 4.97. The quantitative estimate of drug-likeness (QED) is 0.812. The maximum absolute atomic E-state index is 11.9. The summed E-state index contributed by atoms with van der Waals surface area (Å²) in [6, 6.07) is 4.65. The number of aliphatic hydroxyl groups excluding tert-OH is 1. The predicted octanol–water partition coefficient (Wildman–Crippen LogP) is 2.51. The van der Waals surface area contributed by atoms with Crippen molar-refractivity contribution in [2.75, 3.05) is 19.8 Å². The van der Waals surface area contributed by atoms with Crippen molar-refractivity contribution >= 4 is 29.1 Å². The standard InChI is InChI=1S/C14H17Cl2NO3/c15-10-3-4-12(13(16)5-10)14(19)17-6-11(18)8-20-7-9-1-2-9/h3-5,9,11,18H,1-2,6-8H2,(H,17,19). The van der Waals surface area contributed by atoms with Crippen molar-refractivity contribution in [2.24, 2.45) is 5.92 Å².